The van der Waals surface area contributed by atoms with Gasteiger partial charge in [-0.15, -0.1) is 11.3 Å². The van der Waals surface area contributed by atoms with Gasteiger partial charge in [0.05, 0.1) is 4.88 Å². The lowest BCUT2D eigenvalue weighted by Gasteiger charge is -2.35. The summed E-state index contributed by atoms with van der Waals surface area (Å²) in [5.41, 5.74) is -0.680. The number of thiophene rings is 1. The van der Waals surface area contributed by atoms with Gasteiger partial charge < -0.3 is 9.47 Å². The standard InChI is InChI=1S/C12H15BrO3S/c1-2-16-12(4-6-15-7-5-12)11(14)10-9(13)3-8-17-10/h3,8H,2,4-7H2,1H3. The number of carbonyl (C=O) groups excluding carboxylic acids is 1. The molecule has 0 amide bonds. The molecule has 2 rings (SSSR count). The van der Waals surface area contributed by atoms with Crippen molar-refractivity contribution in [1.82, 2.24) is 0 Å². The third-order valence-corrected chi connectivity index (χ3v) is 4.79. The summed E-state index contributed by atoms with van der Waals surface area (Å²) in [6, 6.07) is 1.90. The summed E-state index contributed by atoms with van der Waals surface area (Å²) < 4.78 is 12.0. The van der Waals surface area contributed by atoms with Crippen molar-refractivity contribution < 1.29 is 14.3 Å². The minimum absolute atomic E-state index is 0.0875. The summed E-state index contributed by atoms with van der Waals surface area (Å²) in [7, 11) is 0. The Kier molecular flexibility index (Phi) is 4.36. The van der Waals surface area contributed by atoms with Gasteiger partial charge in [-0.05, 0) is 34.3 Å². The Morgan fingerprint density at radius 1 is 1.59 bits per heavy atom. The van der Waals surface area contributed by atoms with Crippen LogP contribution in [0.4, 0.5) is 0 Å². The molecular weight excluding hydrogens is 304 g/mol. The highest BCUT2D eigenvalue weighted by Gasteiger charge is 2.42. The Balaban J connectivity index is 2.27. The van der Waals surface area contributed by atoms with E-state index in [1.54, 1.807) is 0 Å². The third kappa shape index (κ3) is 2.62. The molecule has 0 aliphatic carbocycles. The summed E-state index contributed by atoms with van der Waals surface area (Å²) >= 11 is 4.87. The maximum absolute atomic E-state index is 12.6. The van der Waals surface area contributed by atoms with Crippen LogP contribution in [0.3, 0.4) is 0 Å². The molecule has 0 N–H and O–H groups in total. The van der Waals surface area contributed by atoms with E-state index < -0.39 is 5.60 Å². The highest BCUT2D eigenvalue weighted by molar-refractivity contribution is 9.10. The Morgan fingerprint density at radius 2 is 2.29 bits per heavy atom. The molecule has 94 valence electrons. The van der Waals surface area contributed by atoms with E-state index >= 15 is 0 Å². The second-order valence-corrected chi connectivity index (χ2v) is 5.74. The largest absolute Gasteiger partial charge is 0.381 e. The van der Waals surface area contributed by atoms with E-state index in [0.717, 1.165) is 9.35 Å². The van der Waals surface area contributed by atoms with Crippen LogP contribution < -0.4 is 0 Å². The molecule has 0 saturated carbocycles. The molecule has 1 fully saturated rings. The molecule has 0 unspecified atom stereocenters. The van der Waals surface area contributed by atoms with Gasteiger partial charge in [-0.25, -0.2) is 0 Å². The van der Waals surface area contributed by atoms with Crippen molar-refractivity contribution in [2.75, 3.05) is 19.8 Å². The molecule has 3 nitrogen and oxygen atoms in total. The number of ether oxygens (including phenoxy) is 2. The van der Waals surface area contributed by atoms with Crippen molar-refractivity contribution in [3.05, 3.63) is 20.8 Å². The first kappa shape index (κ1) is 13.2. The molecule has 0 bridgehead atoms. The topological polar surface area (TPSA) is 35.5 Å². The number of halogens is 1. The van der Waals surface area contributed by atoms with Gasteiger partial charge in [0.1, 0.15) is 5.60 Å². The molecule has 1 aliphatic heterocycles. The zero-order chi connectivity index (χ0) is 12.3. The third-order valence-electron chi connectivity index (χ3n) is 2.96. The van der Waals surface area contributed by atoms with Crippen LogP contribution in [0.25, 0.3) is 0 Å². The predicted octanol–water partition coefficient (Wildman–Crippen LogP) is 3.28. The molecule has 1 saturated heterocycles. The van der Waals surface area contributed by atoms with E-state index in [4.69, 9.17) is 9.47 Å². The van der Waals surface area contributed by atoms with Crippen LogP contribution in [0.15, 0.2) is 15.9 Å². The number of carbonyl (C=O) groups is 1. The van der Waals surface area contributed by atoms with Gasteiger partial charge >= 0.3 is 0 Å². The number of rotatable bonds is 4. The summed E-state index contributed by atoms with van der Waals surface area (Å²) in [5.74, 6) is 0.0875. The summed E-state index contributed by atoms with van der Waals surface area (Å²) in [6.07, 6.45) is 1.29. The second-order valence-electron chi connectivity index (χ2n) is 3.97. The second kappa shape index (κ2) is 5.61. The van der Waals surface area contributed by atoms with E-state index in [0.29, 0.717) is 32.7 Å². The van der Waals surface area contributed by atoms with Gasteiger partial charge in [-0.2, -0.15) is 0 Å². The SMILES string of the molecule is CCOC1(C(=O)c2sccc2Br)CCOCC1. The van der Waals surface area contributed by atoms with Gasteiger partial charge in [0, 0.05) is 37.1 Å². The normalized spacial score (nSPS) is 19.2. The predicted molar refractivity (Wildman–Crippen MR) is 70.8 cm³/mol. The molecule has 0 spiro atoms. The van der Waals surface area contributed by atoms with Crippen molar-refractivity contribution in [3.63, 3.8) is 0 Å². The molecule has 1 aromatic heterocycles. The monoisotopic (exact) mass is 318 g/mol. The molecular formula is C12H15BrO3S. The number of ketones is 1. The first-order chi connectivity index (χ1) is 8.19. The van der Waals surface area contributed by atoms with Crippen LogP contribution in [-0.4, -0.2) is 31.2 Å². The lowest BCUT2D eigenvalue weighted by Crippen LogP contribution is -2.46. The molecule has 1 aliphatic rings. The Morgan fingerprint density at radius 3 is 2.82 bits per heavy atom. The zero-order valence-corrected chi connectivity index (χ0v) is 12.1. The fourth-order valence-corrected chi connectivity index (χ4v) is 3.66. The van der Waals surface area contributed by atoms with E-state index in [-0.39, 0.29) is 5.78 Å². The van der Waals surface area contributed by atoms with Gasteiger partial charge in [-0.1, -0.05) is 0 Å². The Hall–Kier alpha value is -0.230. The molecule has 0 radical (unpaired) electrons. The van der Waals surface area contributed by atoms with Crippen LogP contribution in [-0.2, 0) is 9.47 Å². The lowest BCUT2D eigenvalue weighted by atomic mass is 9.88. The van der Waals surface area contributed by atoms with E-state index in [2.05, 4.69) is 15.9 Å². The van der Waals surface area contributed by atoms with Crippen LogP contribution in [0.1, 0.15) is 29.4 Å². The zero-order valence-electron chi connectivity index (χ0n) is 9.70. The van der Waals surface area contributed by atoms with Crippen molar-refractivity contribution in [2.45, 2.75) is 25.4 Å². The first-order valence-corrected chi connectivity index (χ1v) is 7.36. The molecule has 2 heterocycles. The van der Waals surface area contributed by atoms with Crippen LogP contribution >= 0.6 is 27.3 Å². The summed E-state index contributed by atoms with van der Waals surface area (Å²) in [5, 5.41) is 1.91. The van der Waals surface area contributed by atoms with Crippen molar-refractivity contribution in [1.29, 1.82) is 0 Å². The maximum Gasteiger partial charge on any atom is 0.205 e. The Labute approximate surface area is 113 Å². The molecule has 0 atom stereocenters. The van der Waals surface area contributed by atoms with Crippen molar-refractivity contribution in [2.24, 2.45) is 0 Å². The number of hydrogen-bond donors (Lipinski definition) is 0. The van der Waals surface area contributed by atoms with Gasteiger partial charge in [0.25, 0.3) is 0 Å². The molecule has 1 aromatic rings. The molecule has 17 heavy (non-hydrogen) atoms. The van der Waals surface area contributed by atoms with Gasteiger partial charge in [-0.3, -0.25) is 4.79 Å². The lowest BCUT2D eigenvalue weighted by molar-refractivity contribution is -0.0820. The van der Waals surface area contributed by atoms with Crippen molar-refractivity contribution in [3.8, 4) is 0 Å². The fraction of sp³-hybridized carbons (Fsp3) is 0.583. The first-order valence-electron chi connectivity index (χ1n) is 5.69. The minimum Gasteiger partial charge on any atom is -0.381 e. The fourth-order valence-electron chi connectivity index (χ4n) is 2.08. The molecule has 5 heteroatoms. The number of Topliss-reactive ketones (excluding diaryl/α,β-unsaturated/α-hetero) is 1. The van der Waals surface area contributed by atoms with Crippen molar-refractivity contribution >= 4 is 33.0 Å². The van der Waals surface area contributed by atoms with Crippen LogP contribution in [0.2, 0.25) is 0 Å². The van der Waals surface area contributed by atoms with E-state index in [9.17, 15) is 4.79 Å². The average molecular weight is 319 g/mol. The number of hydrogen-bond acceptors (Lipinski definition) is 4. The summed E-state index contributed by atoms with van der Waals surface area (Å²) in [4.78, 5) is 13.3. The smallest absolute Gasteiger partial charge is 0.205 e. The average Bonchev–Trinajstić information content (AvgIpc) is 2.76. The van der Waals surface area contributed by atoms with Gasteiger partial charge in [0.2, 0.25) is 5.78 Å². The quantitative estimate of drug-likeness (QED) is 0.799. The van der Waals surface area contributed by atoms with Crippen LogP contribution in [0.5, 0.6) is 0 Å². The molecule has 0 aromatic carbocycles. The Bertz CT molecular complexity index is 391. The van der Waals surface area contributed by atoms with Crippen LogP contribution in [0, 0.1) is 0 Å². The van der Waals surface area contributed by atoms with E-state index in [1.165, 1.54) is 11.3 Å². The highest BCUT2D eigenvalue weighted by Crippen LogP contribution is 2.34. The maximum atomic E-state index is 12.6. The minimum atomic E-state index is -0.680. The summed E-state index contributed by atoms with van der Waals surface area (Å²) in [6.45, 7) is 3.66. The highest BCUT2D eigenvalue weighted by atomic mass is 79.9. The van der Waals surface area contributed by atoms with E-state index in [1.807, 2.05) is 18.4 Å². The van der Waals surface area contributed by atoms with Gasteiger partial charge in [0.15, 0.2) is 0 Å².